The van der Waals surface area contributed by atoms with Gasteiger partial charge in [-0.1, -0.05) is 50.5 Å². The molecule has 92 valence electrons. The highest BCUT2D eigenvalue weighted by Crippen LogP contribution is 2.28. The van der Waals surface area contributed by atoms with Crippen molar-refractivity contribution < 1.29 is 0 Å². The Morgan fingerprint density at radius 1 is 1.13 bits per heavy atom. The number of nitrogens with zero attached hydrogens (tertiary/aromatic N) is 1. The second-order valence-electron chi connectivity index (χ2n) is 6.14. The van der Waals surface area contributed by atoms with Crippen LogP contribution in [0.5, 0.6) is 0 Å². The summed E-state index contributed by atoms with van der Waals surface area (Å²) in [6, 6.07) is 0.661. The van der Waals surface area contributed by atoms with E-state index in [1.54, 1.807) is 0 Å². The van der Waals surface area contributed by atoms with Gasteiger partial charge in [0.25, 0.3) is 0 Å². The van der Waals surface area contributed by atoms with Crippen molar-refractivity contribution in [3.8, 4) is 0 Å². The Labute approximate surface area is 105 Å². The molecule has 0 saturated carbocycles. The molecule has 2 atom stereocenters. The molecule has 1 nitrogen and oxygen atoms in total. The van der Waals surface area contributed by atoms with Crippen molar-refractivity contribution in [2.75, 3.05) is 18.9 Å². The lowest BCUT2D eigenvalue weighted by atomic mass is 9.81. The van der Waals surface area contributed by atoms with Crippen LogP contribution in [0.2, 0.25) is 0 Å². The van der Waals surface area contributed by atoms with Gasteiger partial charge in [-0.25, -0.2) is 0 Å². The molecular weight excluding hydrogens is 250 g/mol. The molecule has 2 unspecified atom stereocenters. The monoisotopic (exact) mass is 277 g/mol. The molecule has 0 aromatic carbocycles. The van der Waals surface area contributed by atoms with E-state index in [9.17, 15) is 0 Å². The molecule has 0 N–H and O–H groups in total. The van der Waals surface area contributed by atoms with Crippen LogP contribution in [0, 0.1) is 17.3 Å². The van der Waals surface area contributed by atoms with Crippen LogP contribution in [-0.4, -0.2) is 29.9 Å². The summed E-state index contributed by atoms with van der Waals surface area (Å²) >= 11 is 3.64. The minimum atomic E-state index is 0.383. The maximum absolute atomic E-state index is 3.64. The van der Waals surface area contributed by atoms with Crippen LogP contribution < -0.4 is 0 Å². The van der Waals surface area contributed by atoms with Crippen molar-refractivity contribution >= 4 is 15.9 Å². The Bertz CT molecular complexity index is 172. The van der Waals surface area contributed by atoms with Gasteiger partial charge in [0.15, 0.2) is 0 Å². The van der Waals surface area contributed by atoms with Crippen molar-refractivity contribution in [1.82, 2.24) is 4.90 Å². The maximum Gasteiger partial charge on any atom is 0.00870 e. The Hall–Kier alpha value is 0.440. The van der Waals surface area contributed by atoms with Crippen LogP contribution in [0.25, 0.3) is 0 Å². The smallest absolute Gasteiger partial charge is 0.00870 e. The predicted octanol–water partition coefficient (Wildman–Crippen LogP) is 4.02. The standard InChI is InChI=1S/C13H28BrN/c1-10(2)11(3)15(7)9-12(8-14)13(4,5)6/h10-12H,8-9H2,1-7H3. The van der Waals surface area contributed by atoms with Gasteiger partial charge in [0.1, 0.15) is 0 Å². The van der Waals surface area contributed by atoms with Crippen molar-refractivity contribution in [2.24, 2.45) is 17.3 Å². The maximum atomic E-state index is 3.64. The molecule has 0 aliphatic carbocycles. The minimum absolute atomic E-state index is 0.383. The third kappa shape index (κ3) is 5.35. The zero-order chi connectivity index (χ0) is 12.2. The third-order valence-electron chi connectivity index (χ3n) is 3.58. The summed E-state index contributed by atoms with van der Waals surface area (Å²) in [6.45, 7) is 15.1. The summed E-state index contributed by atoms with van der Waals surface area (Å²) in [5, 5.41) is 1.09. The van der Waals surface area contributed by atoms with Gasteiger partial charge in [-0.15, -0.1) is 0 Å². The van der Waals surface area contributed by atoms with Crippen molar-refractivity contribution in [2.45, 2.75) is 47.6 Å². The number of rotatable bonds is 5. The predicted molar refractivity (Wildman–Crippen MR) is 73.7 cm³/mol. The zero-order valence-electron chi connectivity index (χ0n) is 11.5. The number of halogens is 1. The Kier molecular flexibility index (Phi) is 6.43. The first-order valence-electron chi connectivity index (χ1n) is 5.96. The third-order valence-corrected chi connectivity index (χ3v) is 4.36. The molecule has 0 aromatic rings. The fourth-order valence-electron chi connectivity index (χ4n) is 1.58. The fourth-order valence-corrected chi connectivity index (χ4v) is 2.75. The lowest BCUT2D eigenvalue weighted by Gasteiger charge is -2.36. The minimum Gasteiger partial charge on any atom is -0.303 e. The molecule has 2 heteroatoms. The van der Waals surface area contributed by atoms with Gasteiger partial charge < -0.3 is 4.90 Å². The van der Waals surface area contributed by atoms with Gasteiger partial charge in [-0.3, -0.25) is 0 Å². The highest BCUT2D eigenvalue weighted by molar-refractivity contribution is 9.09. The Morgan fingerprint density at radius 2 is 1.60 bits per heavy atom. The van der Waals surface area contributed by atoms with Crippen molar-refractivity contribution in [3.05, 3.63) is 0 Å². The molecule has 0 amide bonds. The van der Waals surface area contributed by atoms with Gasteiger partial charge in [0, 0.05) is 17.9 Å². The largest absolute Gasteiger partial charge is 0.303 e. The van der Waals surface area contributed by atoms with Crippen molar-refractivity contribution in [3.63, 3.8) is 0 Å². The Morgan fingerprint density at radius 3 is 1.87 bits per heavy atom. The molecule has 0 heterocycles. The molecule has 15 heavy (non-hydrogen) atoms. The van der Waals surface area contributed by atoms with Crippen LogP contribution in [0.3, 0.4) is 0 Å². The lowest BCUT2D eigenvalue weighted by molar-refractivity contribution is 0.136. The van der Waals surface area contributed by atoms with E-state index in [4.69, 9.17) is 0 Å². The normalized spacial score (nSPS) is 17.2. The van der Waals surface area contributed by atoms with Crippen LogP contribution in [0.15, 0.2) is 0 Å². The Balaban J connectivity index is 4.31. The molecule has 0 bridgehead atoms. The van der Waals surface area contributed by atoms with E-state index < -0.39 is 0 Å². The molecule has 0 rings (SSSR count). The van der Waals surface area contributed by atoms with Gasteiger partial charge in [-0.05, 0) is 31.2 Å². The second-order valence-corrected chi connectivity index (χ2v) is 6.79. The van der Waals surface area contributed by atoms with E-state index in [2.05, 4.69) is 69.4 Å². The number of alkyl halides is 1. The SMILES string of the molecule is CC(C)C(C)N(C)CC(CBr)C(C)(C)C. The van der Waals surface area contributed by atoms with Crippen molar-refractivity contribution in [1.29, 1.82) is 0 Å². The van der Waals surface area contributed by atoms with E-state index in [1.807, 2.05) is 0 Å². The first-order valence-corrected chi connectivity index (χ1v) is 7.08. The highest BCUT2D eigenvalue weighted by Gasteiger charge is 2.26. The molecule has 0 aromatic heterocycles. The second kappa shape index (κ2) is 6.24. The van der Waals surface area contributed by atoms with Gasteiger partial charge in [0.05, 0.1) is 0 Å². The summed E-state index contributed by atoms with van der Waals surface area (Å²) in [4.78, 5) is 2.49. The van der Waals surface area contributed by atoms with Crippen LogP contribution in [-0.2, 0) is 0 Å². The van der Waals surface area contributed by atoms with Crippen LogP contribution in [0.1, 0.15) is 41.5 Å². The zero-order valence-corrected chi connectivity index (χ0v) is 13.1. The van der Waals surface area contributed by atoms with E-state index in [1.165, 1.54) is 6.54 Å². The van der Waals surface area contributed by atoms with Crippen LogP contribution in [0.4, 0.5) is 0 Å². The van der Waals surface area contributed by atoms with Crippen LogP contribution >= 0.6 is 15.9 Å². The molecule has 0 spiro atoms. The molecule has 0 saturated heterocycles. The highest BCUT2D eigenvalue weighted by atomic mass is 79.9. The average Bonchev–Trinajstić information content (AvgIpc) is 2.10. The van der Waals surface area contributed by atoms with E-state index in [0.717, 1.165) is 11.2 Å². The summed E-state index contributed by atoms with van der Waals surface area (Å²) in [7, 11) is 2.24. The number of hydrogen-bond donors (Lipinski definition) is 0. The fraction of sp³-hybridized carbons (Fsp3) is 1.00. The number of hydrogen-bond acceptors (Lipinski definition) is 1. The lowest BCUT2D eigenvalue weighted by Crippen LogP contribution is -2.40. The topological polar surface area (TPSA) is 3.24 Å². The van der Waals surface area contributed by atoms with Gasteiger partial charge >= 0.3 is 0 Å². The van der Waals surface area contributed by atoms with E-state index in [0.29, 0.717) is 17.4 Å². The summed E-state index contributed by atoms with van der Waals surface area (Å²) in [6.07, 6.45) is 0. The molecule has 0 fully saturated rings. The molecule has 0 radical (unpaired) electrons. The van der Waals surface area contributed by atoms with E-state index >= 15 is 0 Å². The quantitative estimate of drug-likeness (QED) is 0.687. The van der Waals surface area contributed by atoms with Gasteiger partial charge in [-0.2, -0.15) is 0 Å². The molecule has 0 aliphatic heterocycles. The van der Waals surface area contributed by atoms with E-state index in [-0.39, 0.29) is 0 Å². The first kappa shape index (κ1) is 15.4. The summed E-state index contributed by atoms with van der Waals surface area (Å²) < 4.78 is 0. The first-order chi connectivity index (χ1) is 6.70. The van der Waals surface area contributed by atoms with Gasteiger partial charge in [0.2, 0.25) is 0 Å². The molecule has 0 aliphatic rings. The molecular formula is C13H28BrN. The average molecular weight is 278 g/mol. The summed E-state index contributed by atoms with van der Waals surface area (Å²) in [5.41, 5.74) is 0.383. The summed E-state index contributed by atoms with van der Waals surface area (Å²) in [5.74, 6) is 1.44.